The average Bonchev–Trinajstić information content (AvgIpc) is 2.95. The van der Waals surface area contributed by atoms with Crippen LogP contribution in [0.3, 0.4) is 0 Å². The molecule has 0 unspecified atom stereocenters. The minimum Gasteiger partial charge on any atom is -0.508 e. The summed E-state index contributed by atoms with van der Waals surface area (Å²) in [6, 6.07) is 3.94. The van der Waals surface area contributed by atoms with E-state index in [0.717, 1.165) is 6.07 Å². The van der Waals surface area contributed by atoms with Crippen molar-refractivity contribution in [1.29, 1.82) is 0 Å². The molecule has 0 radical (unpaired) electrons. The Morgan fingerprint density at radius 2 is 2.04 bits per heavy atom. The van der Waals surface area contributed by atoms with Crippen molar-refractivity contribution in [2.24, 2.45) is 0 Å². The second kappa shape index (κ2) is 6.59. The Bertz CT molecular complexity index is 930. The molecule has 142 valence electrons. The number of aliphatic hydroxyl groups is 1. The van der Waals surface area contributed by atoms with Crippen LogP contribution in [0.5, 0.6) is 11.5 Å². The van der Waals surface area contributed by atoms with Crippen LogP contribution in [-0.2, 0) is 11.2 Å². The monoisotopic (exact) mass is 372 g/mol. The second-order valence-corrected chi connectivity index (χ2v) is 6.71. The molecule has 0 amide bonds. The lowest BCUT2D eigenvalue weighted by Gasteiger charge is -2.35. The molecular formula is C20H20O7. The highest BCUT2D eigenvalue weighted by Gasteiger charge is 2.51. The molecule has 1 aromatic heterocycles. The van der Waals surface area contributed by atoms with Crippen molar-refractivity contribution < 1.29 is 34.1 Å². The third kappa shape index (κ3) is 3.10. The molecule has 0 saturated carbocycles. The highest BCUT2D eigenvalue weighted by molar-refractivity contribution is 6.05. The molecule has 1 aliphatic carbocycles. The number of aliphatic hydroxyl groups excluding tert-OH is 1. The first-order valence-electron chi connectivity index (χ1n) is 8.41. The predicted octanol–water partition coefficient (Wildman–Crippen LogP) is 2.75. The zero-order chi connectivity index (χ0) is 19.9. The molecule has 0 fully saturated rings. The summed E-state index contributed by atoms with van der Waals surface area (Å²) in [6.07, 6.45) is 2.23. The first-order chi connectivity index (χ1) is 12.7. The Balaban J connectivity index is 1.96. The molecule has 0 spiro atoms. The highest BCUT2D eigenvalue weighted by atomic mass is 16.6. The molecule has 1 aliphatic rings. The number of hydrogen-bond acceptors (Lipinski definition) is 7. The first-order valence-corrected chi connectivity index (χ1v) is 8.41. The minimum atomic E-state index is -1.87. The number of allylic oxidation sites excluding steroid dienone is 1. The third-order valence-corrected chi connectivity index (χ3v) is 4.67. The lowest BCUT2D eigenvalue weighted by Crippen LogP contribution is -2.54. The van der Waals surface area contributed by atoms with Gasteiger partial charge in [0.1, 0.15) is 28.9 Å². The zero-order valence-corrected chi connectivity index (χ0v) is 15.1. The van der Waals surface area contributed by atoms with E-state index in [1.54, 1.807) is 25.1 Å². The van der Waals surface area contributed by atoms with Crippen LogP contribution in [0.25, 0.3) is 6.08 Å². The number of phenols is 2. The van der Waals surface area contributed by atoms with Crippen LogP contribution in [0.2, 0.25) is 0 Å². The maximum Gasteiger partial charge on any atom is 0.343 e. The molecule has 0 saturated heterocycles. The van der Waals surface area contributed by atoms with Gasteiger partial charge in [-0.05, 0) is 44.5 Å². The van der Waals surface area contributed by atoms with Crippen molar-refractivity contribution in [3.8, 4) is 11.5 Å². The number of benzene rings is 1. The van der Waals surface area contributed by atoms with E-state index in [1.165, 1.54) is 19.9 Å². The Morgan fingerprint density at radius 3 is 2.67 bits per heavy atom. The molecule has 2 atom stereocenters. The van der Waals surface area contributed by atoms with Gasteiger partial charge in [-0.15, -0.1) is 0 Å². The van der Waals surface area contributed by atoms with Crippen molar-refractivity contribution in [2.75, 3.05) is 0 Å². The van der Waals surface area contributed by atoms with E-state index in [2.05, 4.69) is 0 Å². The number of fused-ring (bicyclic) bond motifs is 1. The molecule has 0 aliphatic heterocycles. The number of aromatic hydroxyl groups is 2. The van der Waals surface area contributed by atoms with Gasteiger partial charge in [-0.3, -0.25) is 4.79 Å². The fourth-order valence-electron chi connectivity index (χ4n) is 3.19. The number of carbonyl (C=O) groups excluding carboxylic acids is 2. The Kier molecular flexibility index (Phi) is 4.57. The molecule has 1 aromatic carbocycles. The minimum absolute atomic E-state index is 0.0374. The summed E-state index contributed by atoms with van der Waals surface area (Å²) in [5.74, 6) is -1.83. The number of phenolic OH excluding ortho intramolecular Hbond substituents is 2. The standard InChI is InChI=1S/C20H20O7/c1-4-5-13-7-11-8-15(23)20(3,18(24)17(11)26-13)27-19(25)16-10(2)6-12(21)9-14(16)22/h4-7,9,15,21-23H,8H2,1-3H3/b5-4+/t15-,20-/m1/s1. The molecular weight excluding hydrogens is 352 g/mol. The van der Waals surface area contributed by atoms with Gasteiger partial charge >= 0.3 is 5.97 Å². The first kappa shape index (κ1) is 18.7. The van der Waals surface area contributed by atoms with Crippen molar-refractivity contribution in [3.63, 3.8) is 0 Å². The SMILES string of the molecule is C/C=C/c1cc2c(o1)C(=O)[C@](C)(OC(=O)c1c(C)cc(O)cc1O)[C@H](O)C2. The topological polar surface area (TPSA) is 117 Å². The highest BCUT2D eigenvalue weighted by Crippen LogP contribution is 2.36. The van der Waals surface area contributed by atoms with Gasteiger partial charge in [0.25, 0.3) is 0 Å². The van der Waals surface area contributed by atoms with Crippen LogP contribution in [0, 0.1) is 6.92 Å². The van der Waals surface area contributed by atoms with E-state index in [0.29, 0.717) is 11.3 Å². The van der Waals surface area contributed by atoms with Gasteiger partial charge in [-0.25, -0.2) is 4.79 Å². The van der Waals surface area contributed by atoms with E-state index in [4.69, 9.17) is 9.15 Å². The van der Waals surface area contributed by atoms with Crippen molar-refractivity contribution in [2.45, 2.75) is 38.9 Å². The van der Waals surface area contributed by atoms with Gasteiger partial charge in [-0.1, -0.05) is 6.08 Å². The van der Waals surface area contributed by atoms with Gasteiger partial charge in [0.2, 0.25) is 11.4 Å². The Labute approximate surface area is 155 Å². The van der Waals surface area contributed by atoms with E-state index >= 15 is 0 Å². The maximum atomic E-state index is 12.9. The van der Waals surface area contributed by atoms with Crippen molar-refractivity contribution in [3.05, 3.63) is 52.5 Å². The Morgan fingerprint density at radius 1 is 1.33 bits per heavy atom. The summed E-state index contributed by atoms with van der Waals surface area (Å²) in [5.41, 5.74) is -1.24. The molecule has 0 bridgehead atoms. The number of aryl methyl sites for hydroxylation is 1. The van der Waals surface area contributed by atoms with Crippen LogP contribution in [0.1, 0.15) is 51.6 Å². The van der Waals surface area contributed by atoms with E-state index in [-0.39, 0.29) is 29.1 Å². The fourth-order valence-corrected chi connectivity index (χ4v) is 3.19. The average molecular weight is 372 g/mol. The lowest BCUT2D eigenvalue weighted by molar-refractivity contribution is -0.0636. The summed E-state index contributed by atoms with van der Waals surface area (Å²) in [6.45, 7) is 4.62. The predicted molar refractivity (Wildman–Crippen MR) is 95.8 cm³/mol. The number of Topliss-reactive ketones (excluding diaryl/α,β-unsaturated/α-hetero) is 1. The van der Waals surface area contributed by atoms with Crippen LogP contribution < -0.4 is 0 Å². The quantitative estimate of drug-likeness (QED) is 0.709. The largest absolute Gasteiger partial charge is 0.508 e. The van der Waals surface area contributed by atoms with Crippen molar-refractivity contribution >= 4 is 17.8 Å². The zero-order valence-electron chi connectivity index (χ0n) is 15.1. The molecule has 27 heavy (non-hydrogen) atoms. The summed E-state index contributed by atoms with van der Waals surface area (Å²) >= 11 is 0. The molecule has 7 nitrogen and oxygen atoms in total. The van der Waals surface area contributed by atoms with Gasteiger partial charge in [0, 0.05) is 18.1 Å². The molecule has 7 heteroatoms. The lowest BCUT2D eigenvalue weighted by atomic mass is 9.81. The van der Waals surface area contributed by atoms with Crippen LogP contribution in [-0.4, -0.2) is 38.8 Å². The second-order valence-electron chi connectivity index (χ2n) is 6.71. The number of ketones is 1. The number of hydrogen-bond donors (Lipinski definition) is 3. The van der Waals surface area contributed by atoms with E-state index < -0.39 is 29.2 Å². The van der Waals surface area contributed by atoms with Gasteiger partial charge in [-0.2, -0.15) is 0 Å². The van der Waals surface area contributed by atoms with E-state index in [9.17, 15) is 24.9 Å². The summed E-state index contributed by atoms with van der Waals surface area (Å²) in [5, 5.41) is 30.0. The van der Waals surface area contributed by atoms with Crippen molar-refractivity contribution in [1.82, 2.24) is 0 Å². The summed E-state index contributed by atoms with van der Waals surface area (Å²) in [4.78, 5) is 25.5. The van der Waals surface area contributed by atoms with E-state index in [1.807, 2.05) is 0 Å². The number of rotatable bonds is 3. The number of carbonyl (C=O) groups is 2. The molecule has 3 N–H and O–H groups in total. The normalized spacial score (nSPS) is 22.1. The molecule has 2 aromatic rings. The van der Waals surface area contributed by atoms with Gasteiger partial charge < -0.3 is 24.5 Å². The van der Waals surface area contributed by atoms with Crippen LogP contribution in [0.4, 0.5) is 0 Å². The summed E-state index contributed by atoms with van der Waals surface area (Å²) < 4.78 is 10.9. The Hall–Kier alpha value is -3.06. The van der Waals surface area contributed by atoms with Gasteiger partial charge in [0.15, 0.2) is 5.76 Å². The van der Waals surface area contributed by atoms with Crippen LogP contribution >= 0.6 is 0 Å². The maximum absolute atomic E-state index is 12.9. The number of esters is 1. The molecule has 1 heterocycles. The third-order valence-electron chi connectivity index (χ3n) is 4.67. The molecule has 3 rings (SSSR count). The number of furan rings is 1. The summed E-state index contributed by atoms with van der Waals surface area (Å²) in [7, 11) is 0. The van der Waals surface area contributed by atoms with Crippen LogP contribution in [0.15, 0.2) is 28.7 Å². The smallest absolute Gasteiger partial charge is 0.343 e. The fraction of sp³-hybridized carbons (Fsp3) is 0.300. The number of ether oxygens (including phenoxy) is 1. The van der Waals surface area contributed by atoms with Gasteiger partial charge in [0.05, 0.1) is 0 Å².